The van der Waals surface area contributed by atoms with E-state index in [2.05, 4.69) is 88.0 Å². The van der Waals surface area contributed by atoms with Crippen molar-refractivity contribution in [1.29, 1.82) is 0 Å². The van der Waals surface area contributed by atoms with E-state index in [1.165, 1.54) is 22.3 Å². The maximum Gasteiger partial charge on any atom is 0.137 e. The molecule has 0 aliphatic heterocycles. The molecule has 2 aliphatic carbocycles. The Morgan fingerprint density at radius 2 is 1.11 bits per heavy atom. The maximum absolute atomic E-state index is 5.84. The average Bonchev–Trinajstić information content (AvgIpc) is 2.67. The number of rotatable bonds is 2. The fraction of sp³-hybridized carbons (Fsp3) is 0.455. The Kier molecular flexibility index (Phi) is 5.98. The molecule has 0 N–H and O–H groups in total. The summed E-state index contributed by atoms with van der Waals surface area (Å²) in [5, 5.41) is 0. The molecule has 1 fully saturated rings. The predicted octanol–water partition coefficient (Wildman–Crippen LogP) is 7.78. The summed E-state index contributed by atoms with van der Waals surface area (Å²) < 4.78 is 13.1. The topological polar surface area (TPSA) is 18.5 Å². The first kappa shape index (κ1) is 21.2. The van der Waals surface area contributed by atoms with E-state index < -0.39 is 0 Å². The van der Waals surface area contributed by atoms with Gasteiger partial charge >= 0.3 is 0 Å². The second-order valence-corrected chi connectivity index (χ2v) is 12.0. The lowest BCUT2D eigenvalue weighted by molar-refractivity contribution is 0.262. The number of hydrogen-bond donors (Lipinski definition) is 0. The molecular formula is C22H22Br4O2. The first-order valence-corrected chi connectivity index (χ1v) is 12.6. The summed E-state index contributed by atoms with van der Waals surface area (Å²) in [6.45, 7) is 0. The van der Waals surface area contributed by atoms with Crippen molar-refractivity contribution in [3.05, 3.63) is 55.5 Å². The van der Waals surface area contributed by atoms with Crippen molar-refractivity contribution in [3.63, 3.8) is 0 Å². The third-order valence-electron chi connectivity index (χ3n) is 6.09. The van der Waals surface area contributed by atoms with Crippen molar-refractivity contribution < 1.29 is 9.47 Å². The summed E-state index contributed by atoms with van der Waals surface area (Å²) in [6.07, 6.45) is 6.47. The van der Waals surface area contributed by atoms with Gasteiger partial charge in [-0.1, -0.05) is 44.0 Å². The van der Waals surface area contributed by atoms with Gasteiger partial charge in [0.25, 0.3) is 0 Å². The van der Waals surface area contributed by atoms with Crippen molar-refractivity contribution in [2.45, 2.75) is 47.2 Å². The molecule has 4 rings (SSSR count). The fourth-order valence-electron chi connectivity index (χ4n) is 4.51. The monoisotopic (exact) mass is 634 g/mol. The van der Waals surface area contributed by atoms with Crippen molar-refractivity contribution >= 4 is 63.7 Å². The first-order valence-electron chi connectivity index (χ1n) is 9.45. The third-order valence-corrected chi connectivity index (χ3v) is 10.8. The van der Waals surface area contributed by atoms with Crippen LogP contribution >= 0.6 is 63.7 Å². The summed E-state index contributed by atoms with van der Waals surface area (Å²) >= 11 is 15.8. The zero-order chi connectivity index (χ0) is 20.1. The number of benzene rings is 2. The van der Waals surface area contributed by atoms with E-state index in [0.717, 1.165) is 59.0 Å². The highest BCUT2D eigenvalue weighted by Crippen LogP contribution is 2.69. The predicted molar refractivity (Wildman–Crippen MR) is 128 cm³/mol. The van der Waals surface area contributed by atoms with Gasteiger partial charge in [0.1, 0.15) is 11.5 Å². The van der Waals surface area contributed by atoms with Gasteiger partial charge in [0.2, 0.25) is 0 Å². The van der Waals surface area contributed by atoms with Gasteiger partial charge in [-0.15, -0.1) is 0 Å². The normalized spacial score (nSPS) is 26.4. The highest BCUT2D eigenvalue weighted by molar-refractivity contribution is 9.12. The first-order chi connectivity index (χ1) is 13.3. The van der Waals surface area contributed by atoms with Crippen LogP contribution in [-0.4, -0.2) is 14.2 Å². The Bertz CT molecular complexity index is 854. The van der Waals surface area contributed by atoms with Gasteiger partial charge in [0, 0.05) is 11.1 Å². The van der Waals surface area contributed by atoms with Crippen LogP contribution < -0.4 is 9.47 Å². The molecule has 6 heteroatoms. The Morgan fingerprint density at radius 3 is 1.43 bits per heavy atom. The number of aryl methyl sites for hydroxylation is 2. The lowest BCUT2D eigenvalue weighted by Crippen LogP contribution is -2.50. The minimum Gasteiger partial charge on any atom is -0.495 e. The van der Waals surface area contributed by atoms with Crippen LogP contribution in [0.4, 0.5) is 0 Å². The minimum atomic E-state index is -0.283. The van der Waals surface area contributed by atoms with E-state index in [0.29, 0.717) is 0 Å². The van der Waals surface area contributed by atoms with Crippen LogP contribution in [0.5, 0.6) is 11.5 Å². The molecule has 0 amide bonds. The number of methoxy groups -OCH3 is 2. The lowest BCUT2D eigenvalue weighted by atomic mass is 9.65. The Hall–Kier alpha value is -0.0400. The Labute approximate surface area is 200 Å². The quantitative estimate of drug-likeness (QED) is 0.313. The molecule has 4 bridgehead atoms. The molecule has 0 aromatic heterocycles. The van der Waals surface area contributed by atoms with Crippen LogP contribution in [0.15, 0.2) is 33.2 Å². The average molecular weight is 638 g/mol. The number of alkyl halides is 2. The largest absolute Gasteiger partial charge is 0.495 e. The van der Waals surface area contributed by atoms with Crippen molar-refractivity contribution in [2.24, 2.45) is 0 Å². The van der Waals surface area contributed by atoms with Crippen LogP contribution in [0.3, 0.4) is 0 Å². The van der Waals surface area contributed by atoms with Gasteiger partial charge in [0.15, 0.2) is 0 Å². The van der Waals surface area contributed by atoms with Gasteiger partial charge in [-0.25, -0.2) is 0 Å². The fourth-order valence-corrected chi connectivity index (χ4v) is 7.66. The third kappa shape index (κ3) is 3.21. The van der Waals surface area contributed by atoms with Crippen LogP contribution in [0.1, 0.15) is 47.9 Å². The molecule has 0 spiro atoms. The number of halogens is 4. The SMILES string of the molecule is COc1c(Br)cc2cc1C1(Br)CCC1(Br)c1cc(cc(Br)c1OC)CCCC2. The van der Waals surface area contributed by atoms with Gasteiger partial charge in [-0.05, 0) is 93.6 Å². The summed E-state index contributed by atoms with van der Waals surface area (Å²) in [5.41, 5.74) is 5.07. The second-order valence-electron chi connectivity index (χ2n) is 7.63. The van der Waals surface area contributed by atoms with Crippen molar-refractivity contribution in [1.82, 2.24) is 0 Å². The molecule has 2 unspecified atom stereocenters. The van der Waals surface area contributed by atoms with Crippen LogP contribution in [0.2, 0.25) is 0 Å². The Balaban J connectivity index is 1.99. The zero-order valence-electron chi connectivity index (χ0n) is 15.9. The van der Waals surface area contributed by atoms with E-state index in [9.17, 15) is 0 Å². The van der Waals surface area contributed by atoms with Gasteiger partial charge in [-0.3, -0.25) is 0 Å². The molecule has 2 aromatic rings. The van der Waals surface area contributed by atoms with E-state index in [4.69, 9.17) is 9.47 Å². The van der Waals surface area contributed by atoms with Crippen LogP contribution in [0.25, 0.3) is 0 Å². The zero-order valence-corrected chi connectivity index (χ0v) is 22.2. The Morgan fingerprint density at radius 1 is 0.714 bits per heavy atom. The molecule has 28 heavy (non-hydrogen) atoms. The van der Waals surface area contributed by atoms with Crippen LogP contribution in [0, 0.1) is 0 Å². The van der Waals surface area contributed by atoms with Crippen LogP contribution in [-0.2, 0) is 21.5 Å². The van der Waals surface area contributed by atoms with E-state index in [1.807, 2.05) is 0 Å². The van der Waals surface area contributed by atoms with Gasteiger partial charge in [-0.2, -0.15) is 0 Å². The van der Waals surface area contributed by atoms with Gasteiger partial charge in [0.05, 0.1) is 31.8 Å². The molecule has 2 aromatic carbocycles. The minimum absolute atomic E-state index is 0.283. The molecule has 1 saturated carbocycles. The highest BCUT2D eigenvalue weighted by atomic mass is 79.9. The van der Waals surface area contributed by atoms with E-state index >= 15 is 0 Å². The summed E-state index contributed by atoms with van der Waals surface area (Å²) in [7, 11) is 3.49. The van der Waals surface area contributed by atoms with E-state index in [-0.39, 0.29) is 8.65 Å². The molecular weight excluding hydrogens is 616 g/mol. The maximum atomic E-state index is 5.84. The number of ether oxygens (including phenoxy) is 2. The standard InChI is InChI=1S/C22H22Br4O2/c1-27-19-15-9-13(11-17(19)23)5-3-4-6-14-10-16(20(28-2)18(24)12-14)22(26)8-7-21(15,22)25/h9-12H,3-8H2,1-2H3. The summed E-state index contributed by atoms with van der Waals surface area (Å²) in [5.74, 6) is 1.80. The molecule has 0 radical (unpaired) electrons. The van der Waals surface area contributed by atoms with Crippen molar-refractivity contribution in [2.75, 3.05) is 14.2 Å². The van der Waals surface area contributed by atoms with Gasteiger partial charge < -0.3 is 9.47 Å². The molecule has 0 saturated heterocycles. The second kappa shape index (κ2) is 7.90. The molecule has 150 valence electrons. The summed E-state index contributed by atoms with van der Waals surface area (Å²) in [6, 6.07) is 9.05. The molecule has 2 atom stereocenters. The molecule has 2 nitrogen and oxygen atoms in total. The smallest absolute Gasteiger partial charge is 0.137 e. The van der Waals surface area contributed by atoms with E-state index in [1.54, 1.807) is 14.2 Å². The molecule has 2 aliphatic rings. The summed E-state index contributed by atoms with van der Waals surface area (Å²) in [4.78, 5) is 0. The number of hydrogen-bond acceptors (Lipinski definition) is 2. The lowest BCUT2D eigenvalue weighted by Gasteiger charge is -2.54. The van der Waals surface area contributed by atoms with Crippen molar-refractivity contribution in [3.8, 4) is 11.5 Å². The number of fused-ring (bicyclic) bond motifs is 7. The highest BCUT2D eigenvalue weighted by Gasteiger charge is 2.60. The molecule has 0 heterocycles.